The lowest BCUT2D eigenvalue weighted by Crippen LogP contribution is -2.50. The van der Waals surface area contributed by atoms with E-state index in [1.807, 2.05) is 0 Å². The lowest BCUT2D eigenvalue weighted by atomic mass is 9.48. The number of carbonyl (C=O) groups is 1. The molecule has 5 heteroatoms. The molecule has 0 radical (unpaired) electrons. The van der Waals surface area contributed by atoms with Gasteiger partial charge in [0.15, 0.2) is 5.78 Å². The van der Waals surface area contributed by atoms with Gasteiger partial charge in [-0.15, -0.1) is 0 Å². The Kier molecular flexibility index (Phi) is 3.40. The fourth-order valence-corrected chi connectivity index (χ4v) is 6.24. The molecule has 1 N–H and O–H groups in total. The Hall–Kier alpha value is -0.180. The van der Waals surface area contributed by atoms with E-state index in [1.165, 1.54) is 19.3 Å². The molecule has 0 aromatic heterocycles. The van der Waals surface area contributed by atoms with Crippen LogP contribution in [0.4, 0.5) is 0 Å². The molecule has 19 heavy (non-hydrogen) atoms. The lowest BCUT2D eigenvalue weighted by Gasteiger charge is -2.56. The van der Waals surface area contributed by atoms with Crippen LogP contribution in [0.2, 0.25) is 0 Å². The normalized spacial score (nSPS) is 43.2. The van der Waals surface area contributed by atoms with E-state index in [1.54, 1.807) is 6.92 Å². The summed E-state index contributed by atoms with van der Waals surface area (Å²) < 4.78 is 16.7. The Morgan fingerprint density at radius 1 is 1.21 bits per heavy atom. The molecule has 0 amide bonds. The van der Waals surface area contributed by atoms with E-state index >= 15 is 0 Å². The maximum Gasteiger partial charge on any atom is 0.335 e. The molecule has 1 unspecified atom stereocenters. The van der Waals surface area contributed by atoms with E-state index in [2.05, 4.69) is 0 Å². The molecule has 0 aromatic rings. The van der Waals surface area contributed by atoms with Gasteiger partial charge in [0.2, 0.25) is 0 Å². The Bertz CT molecular complexity index is 396. The topological polar surface area (TPSA) is 63.6 Å². The smallest absolute Gasteiger partial charge is 0.324 e. The van der Waals surface area contributed by atoms with Gasteiger partial charge < -0.3 is 9.42 Å². The molecule has 4 nitrogen and oxygen atoms in total. The zero-order valence-corrected chi connectivity index (χ0v) is 12.4. The van der Waals surface area contributed by atoms with Gasteiger partial charge in [0.05, 0.1) is 6.61 Å². The van der Waals surface area contributed by atoms with Gasteiger partial charge in [0, 0.05) is 5.41 Å². The molecule has 0 saturated heterocycles. The van der Waals surface area contributed by atoms with Crippen molar-refractivity contribution in [2.75, 3.05) is 12.8 Å². The van der Waals surface area contributed by atoms with Crippen molar-refractivity contribution in [1.29, 1.82) is 0 Å². The summed E-state index contributed by atoms with van der Waals surface area (Å²) in [5.41, 5.74) is -0.287. The highest BCUT2D eigenvalue weighted by molar-refractivity contribution is 7.53. The second kappa shape index (κ2) is 4.68. The summed E-state index contributed by atoms with van der Waals surface area (Å²) in [4.78, 5) is 22.3. The van der Waals surface area contributed by atoms with Crippen LogP contribution in [-0.4, -0.2) is 23.4 Å². The maximum absolute atomic E-state index is 12.6. The van der Waals surface area contributed by atoms with Crippen LogP contribution in [-0.2, 0) is 13.9 Å². The average Bonchev–Trinajstić information content (AvgIpc) is 2.25. The largest absolute Gasteiger partial charge is 0.335 e. The van der Waals surface area contributed by atoms with Gasteiger partial charge in [0.1, 0.15) is 6.16 Å². The summed E-state index contributed by atoms with van der Waals surface area (Å²) in [6.45, 7) is 1.86. The van der Waals surface area contributed by atoms with Crippen molar-refractivity contribution in [3.05, 3.63) is 0 Å². The van der Waals surface area contributed by atoms with E-state index in [9.17, 15) is 14.3 Å². The first-order valence-corrected chi connectivity index (χ1v) is 9.18. The first-order chi connectivity index (χ1) is 8.92. The molecule has 4 aliphatic rings. The summed E-state index contributed by atoms with van der Waals surface area (Å²) in [6, 6.07) is 0. The predicted octanol–water partition coefficient (Wildman–Crippen LogP) is 2.99. The predicted molar refractivity (Wildman–Crippen MR) is 71.9 cm³/mol. The summed E-state index contributed by atoms with van der Waals surface area (Å²) in [6.07, 6.45) is 6.38. The van der Waals surface area contributed by atoms with E-state index in [-0.39, 0.29) is 24.0 Å². The van der Waals surface area contributed by atoms with Crippen LogP contribution in [0.3, 0.4) is 0 Å². The highest BCUT2D eigenvalue weighted by atomic mass is 31.2. The molecule has 108 valence electrons. The third-order valence-corrected chi connectivity index (χ3v) is 6.65. The summed E-state index contributed by atoms with van der Waals surface area (Å²) in [5, 5.41) is 0. The summed E-state index contributed by atoms with van der Waals surface area (Å²) >= 11 is 0. The zero-order chi connectivity index (χ0) is 13.7. The zero-order valence-electron chi connectivity index (χ0n) is 11.5. The Morgan fingerprint density at radius 3 is 2.11 bits per heavy atom. The second-order valence-corrected chi connectivity index (χ2v) is 8.68. The second-order valence-electron chi connectivity index (χ2n) is 6.83. The van der Waals surface area contributed by atoms with E-state index < -0.39 is 7.60 Å². The Morgan fingerprint density at radius 2 is 1.68 bits per heavy atom. The van der Waals surface area contributed by atoms with Crippen LogP contribution in [0, 0.1) is 23.2 Å². The van der Waals surface area contributed by atoms with E-state index in [4.69, 9.17) is 4.52 Å². The van der Waals surface area contributed by atoms with Crippen LogP contribution < -0.4 is 0 Å². The Labute approximate surface area is 114 Å². The standard InChI is InChI=1S/C14H23O4P/c1-2-18-19(16,17)9-13(15)14-6-10-3-11(7-14)5-12(4-10)8-14/h10-12H,2-9H2,1H3,(H,16,17). The van der Waals surface area contributed by atoms with Crippen molar-refractivity contribution < 1.29 is 18.8 Å². The molecule has 4 bridgehead atoms. The van der Waals surface area contributed by atoms with Crippen molar-refractivity contribution in [2.24, 2.45) is 23.2 Å². The van der Waals surface area contributed by atoms with Crippen molar-refractivity contribution in [1.82, 2.24) is 0 Å². The molecule has 0 spiro atoms. The summed E-state index contributed by atoms with van der Waals surface area (Å²) in [5.74, 6) is 2.03. The number of ketones is 1. The van der Waals surface area contributed by atoms with Gasteiger partial charge >= 0.3 is 7.60 Å². The first-order valence-electron chi connectivity index (χ1n) is 7.42. The SMILES string of the molecule is CCOP(=O)(O)CC(=O)C12CC3CC(CC(C3)C1)C2. The van der Waals surface area contributed by atoms with Crippen LogP contribution in [0.1, 0.15) is 45.4 Å². The highest BCUT2D eigenvalue weighted by Crippen LogP contribution is 2.61. The van der Waals surface area contributed by atoms with Gasteiger partial charge in [-0.05, 0) is 63.2 Å². The van der Waals surface area contributed by atoms with Gasteiger partial charge in [0.25, 0.3) is 0 Å². The minimum absolute atomic E-state index is 0.00844. The van der Waals surface area contributed by atoms with Gasteiger partial charge in [-0.25, -0.2) is 0 Å². The van der Waals surface area contributed by atoms with Gasteiger partial charge in [-0.3, -0.25) is 9.36 Å². The molecule has 0 heterocycles. The molecule has 1 atom stereocenters. The molecule has 0 aromatic carbocycles. The number of hydrogen-bond donors (Lipinski definition) is 1. The van der Waals surface area contributed by atoms with E-state index in [0.29, 0.717) is 17.8 Å². The molecule has 4 rings (SSSR count). The highest BCUT2D eigenvalue weighted by Gasteiger charge is 2.55. The third-order valence-electron chi connectivity index (χ3n) is 5.30. The van der Waals surface area contributed by atoms with Crippen molar-refractivity contribution in [3.63, 3.8) is 0 Å². The molecular weight excluding hydrogens is 263 g/mol. The first kappa shape index (κ1) is 13.8. The molecule has 0 aliphatic heterocycles. The number of hydrogen-bond acceptors (Lipinski definition) is 3. The van der Waals surface area contributed by atoms with Gasteiger partial charge in [-0.1, -0.05) is 0 Å². The van der Waals surface area contributed by atoms with Crippen molar-refractivity contribution >= 4 is 13.4 Å². The molecule has 4 saturated carbocycles. The fraction of sp³-hybridized carbons (Fsp3) is 0.929. The average molecular weight is 286 g/mol. The fourth-order valence-electron chi connectivity index (χ4n) is 5.05. The van der Waals surface area contributed by atoms with Crippen molar-refractivity contribution in [2.45, 2.75) is 45.4 Å². The minimum Gasteiger partial charge on any atom is -0.324 e. The van der Waals surface area contributed by atoms with Gasteiger partial charge in [-0.2, -0.15) is 0 Å². The quantitative estimate of drug-likeness (QED) is 0.789. The number of rotatable bonds is 5. The molecular formula is C14H23O4P. The third kappa shape index (κ3) is 2.55. The number of Topliss-reactive ketones (excluding diaryl/α,β-unsaturated/α-hetero) is 1. The van der Waals surface area contributed by atoms with Crippen LogP contribution >= 0.6 is 7.60 Å². The monoisotopic (exact) mass is 286 g/mol. The minimum atomic E-state index is -3.72. The molecule has 4 aliphatic carbocycles. The van der Waals surface area contributed by atoms with Crippen LogP contribution in [0.25, 0.3) is 0 Å². The Balaban J connectivity index is 1.74. The number of carbonyl (C=O) groups excluding carboxylic acids is 1. The summed E-state index contributed by atoms with van der Waals surface area (Å²) in [7, 11) is -3.72. The van der Waals surface area contributed by atoms with Crippen LogP contribution in [0.15, 0.2) is 0 Å². The lowest BCUT2D eigenvalue weighted by molar-refractivity contribution is -0.141. The maximum atomic E-state index is 12.6. The van der Waals surface area contributed by atoms with E-state index in [0.717, 1.165) is 19.3 Å². The van der Waals surface area contributed by atoms with Crippen LogP contribution in [0.5, 0.6) is 0 Å². The van der Waals surface area contributed by atoms with Crippen molar-refractivity contribution in [3.8, 4) is 0 Å². The molecule has 4 fully saturated rings.